The van der Waals surface area contributed by atoms with Gasteiger partial charge in [0.25, 0.3) is 0 Å². The summed E-state index contributed by atoms with van der Waals surface area (Å²) >= 11 is 10.2. The van der Waals surface area contributed by atoms with E-state index < -0.39 is 11.2 Å². The summed E-state index contributed by atoms with van der Waals surface area (Å²) in [7, 11) is 0. The number of aliphatic carboxylic acids is 1. The fraction of sp³-hybridized carbons (Fsp3) is 0.273. The molecule has 0 heterocycles. The van der Waals surface area contributed by atoms with Crippen molar-refractivity contribution < 1.29 is 14.7 Å². The highest BCUT2D eigenvalue weighted by Gasteiger charge is 2.21. The van der Waals surface area contributed by atoms with Crippen LogP contribution >= 0.6 is 39.3 Å². The number of ketones is 1. The molecule has 3 nitrogen and oxygen atoms in total. The predicted octanol–water partition coefficient (Wildman–Crippen LogP) is 3.49. The monoisotopic (exact) mass is 336 g/mol. The molecule has 1 aromatic carbocycles. The Morgan fingerprint density at radius 2 is 2.18 bits per heavy atom. The van der Waals surface area contributed by atoms with Gasteiger partial charge in [0, 0.05) is 16.5 Å². The van der Waals surface area contributed by atoms with E-state index in [9.17, 15) is 9.59 Å². The molecule has 1 unspecified atom stereocenters. The van der Waals surface area contributed by atoms with Crippen LogP contribution in [0.15, 0.2) is 22.7 Å². The summed E-state index contributed by atoms with van der Waals surface area (Å²) < 4.78 is 0.626. The molecule has 0 saturated heterocycles. The second-order valence-corrected chi connectivity index (χ2v) is 5.62. The number of rotatable bonds is 5. The second-order valence-electron chi connectivity index (χ2n) is 3.32. The smallest absolute Gasteiger partial charge is 0.317 e. The molecule has 1 N–H and O–H groups in total. The lowest BCUT2D eigenvalue weighted by molar-refractivity contribution is -0.136. The van der Waals surface area contributed by atoms with E-state index in [2.05, 4.69) is 15.9 Å². The van der Waals surface area contributed by atoms with Gasteiger partial charge in [-0.05, 0) is 40.4 Å². The lowest BCUT2D eigenvalue weighted by Gasteiger charge is -2.08. The first-order chi connectivity index (χ1) is 7.95. The van der Waals surface area contributed by atoms with Crippen LogP contribution in [-0.4, -0.2) is 28.4 Å². The highest BCUT2D eigenvalue weighted by atomic mass is 79.9. The Balaban J connectivity index is 2.82. The molecule has 0 radical (unpaired) electrons. The van der Waals surface area contributed by atoms with Crippen LogP contribution in [-0.2, 0) is 4.79 Å². The third-order valence-electron chi connectivity index (χ3n) is 2.17. The molecule has 1 atom stereocenters. The number of carboxylic acid groups (broad SMARTS) is 1. The van der Waals surface area contributed by atoms with Crippen LogP contribution in [0, 0.1) is 0 Å². The van der Waals surface area contributed by atoms with Crippen molar-refractivity contribution in [3.05, 3.63) is 33.3 Å². The van der Waals surface area contributed by atoms with Gasteiger partial charge in [0.2, 0.25) is 0 Å². The Kier molecular flexibility index (Phi) is 5.49. The number of carbonyl (C=O) groups excluding carboxylic acids is 1. The summed E-state index contributed by atoms with van der Waals surface area (Å²) in [5.74, 6) is -1.18. The molecule has 0 fully saturated rings. The Hall–Kier alpha value is -0.520. The molecule has 6 heteroatoms. The Labute approximate surface area is 117 Å². The van der Waals surface area contributed by atoms with E-state index >= 15 is 0 Å². The van der Waals surface area contributed by atoms with Gasteiger partial charge < -0.3 is 5.11 Å². The number of halogens is 2. The Morgan fingerprint density at radius 3 is 2.65 bits per heavy atom. The maximum absolute atomic E-state index is 11.8. The van der Waals surface area contributed by atoms with E-state index in [4.69, 9.17) is 16.7 Å². The van der Waals surface area contributed by atoms with Crippen LogP contribution < -0.4 is 0 Å². The number of carboxylic acids is 1. The number of thioether (sulfide) groups is 1. The second kappa shape index (κ2) is 6.42. The van der Waals surface area contributed by atoms with Crippen LogP contribution in [0.5, 0.6) is 0 Å². The van der Waals surface area contributed by atoms with Crippen molar-refractivity contribution in [2.75, 3.05) is 6.26 Å². The first-order valence-corrected chi connectivity index (χ1v) is 7.15. The zero-order valence-corrected chi connectivity index (χ0v) is 12.1. The maximum Gasteiger partial charge on any atom is 0.317 e. The fourth-order valence-electron chi connectivity index (χ4n) is 1.23. The van der Waals surface area contributed by atoms with Crippen LogP contribution in [0.1, 0.15) is 16.8 Å². The van der Waals surface area contributed by atoms with E-state index in [0.717, 1.165) is 11.8 Å². The zero-order chi connectivity index (χ0) is 13.0. The fourth-order valence-corrected chi connectivity index (χ4v) is 2.24. The molecular weight excluding hydrogens is 328 g/mol. The van der Waals surface area contributed by atoms with E-state index in [1.54, 1.807) is 24.5 Å². The first-order valence-electron chi connectivity index (χ1n) is 4.69. The van der Waals surface area contributed by atoms with Crippen molar-refractivity contribution in [3.63, 3.8) is 0 Å². The maximum atomic E-state index is 11.8. The van der Waals surface area contributed by atoms with Crippen molar-refractivity contribution in [3.8, 4) is 0 Å². The topological polar surface area (TPSA) is 54.4 Å². The van der Waals surface area contributed by atoms with E-state index in [0.29, 0.717) is 15.1 Å². The minimum absolute atomic E-state index is 0.0232. The first kappa shape index (κ1) is 14.5. The molecule has 1 rings (SSSR count). The molecule has 92 valence electrons. The summed E-state index contributed by atoms with van der Waals surface area (Å²) in [6, 6.07) is 4.80. The molecular formula is C11H10BrClO3S. The van der Waals surface area contributed by atoms with Gasteiger partial charge in [-0.15, -0.1) is 11.8 Å². The molecule has 0 bridgehead atoms. The Morgan fingerprint density at radius 1 is 1.53 bits per heavy atom. The average Bonchev–Trinajstić information content (AvgIpc) is 2.28. The molecule has 0 aliphatic carbocycles. The van der Waals surface area contributed by atoms with Gasteiger partial charge in [0.1, 0.15) is 5.25 Å². The summed E-state index contributed by atoms with van der Waals surface area (Å²) in [6.07, 6.45) is 1.65. The molecule has 0 aliphatic rings. The van der Waals surface area contributed by atoms with Gasteiger partial charge in [-0.3, -0.25) is 9.59 Å². The van der Waals surface area contributed by atoms with E-state index in [1.807, 2.05) is 0 Å². The third-order valence-corrected chi connectivity index (χ3v) is 4.32. The zero-order valence-electron chi connectivity index (χ0n) is 8.94. The predicted molar refractivity (Wildman–Crippen MR) is 73.0 cm³/mol. The number of hydrogen-bond donors (Lipinski definition) is 1. The van der Waals surface area contributed by atoms with Crippen molar-refractivity contribution in [1.29, 1.82) is 0 Å². The molecule has 0 saturated carbocycles. The van der Waals surface area contributed by atoms with Crippen molar-refractivity contribution >= 4 is 51.0 Å². The molecule has 0 spiro atoms. The minimum Gasteiger partial charge on any atom is -0.480 e. The number of carbonyl (C=O) groups is 2. The summed E-state index contributed by atoms with van der Waals surface area (Å²) in [5.41, 5.74) is 0.460. The van der Waals surface area contributed by atoms with Gasteiger partial charge >= 0.3 is 5.97 Å². The van der Waals surface area contributed by atoms with Crippen molar-refractivity contribution in [1.82, 2.24) is 0 Å². The SMILES string of the molecule is CSC(CC(=O)c1ccc(Cl)c(Br)c1)C(=O)O. The Bertz CT molecular complexity index is 450. The summed E-state index contributed by atoms with van der Waals surface area (Å²) in [6.45, 7) is 0. The van der Waals surface area contributed by atoms with Gasteiger partial charge in [-0.25, -0.2) is 0 Å². The quantitative estimate of drug-likeness (QED) is 0.836. The van der Waals surface area contributed by atoms with Crippen LogP contribution in [0.3, 0.4) is 0 Å². The van der Waals surface area contributed by atoms with Crippen LogP contribution in [0.2, 0.25) is 5.02 Å². The third kappa shape index (κ3) is 4.01. The number of hydrogen-bond acceptors (Lipinski definition) is 3. The molecule has 17 heavy (non-hydrogen) atoms. The number of benzene rings is 1. The van der Waals surface area contributed by atoms with Crippen LogP contribution in [0.4, 0.5) is 0 Å². The molecule has 0 aromatic heterocycles. The highest BCUT2D eigenvalue weighted by molar-refractivity contribution is 9.10. The van der Waals surface area contributed by atoms with Gasteiger partial charge in [-0.1, -0.05) is 11.6 Å². The standard InChI is InChI=1S/C11H10BrClO3S/c1-17-10(11(15)16)5-9(14)6-2-3-8(13)7(12)4-6/h2-4,10H,5H2,1H3,(H,15,16). The lowest BCUT2D eigenvalue weighted by Crippen LogP contribution is -2.20. The normalized spacial score (nSPS) is 12.2. The summed E-state index contributed by atoms with van der Waals surface area (Å²) in [4.78, 5) is 22.7. The van der Waals surface area contributed by atoms with E-state index in [1.165, 1.54) is 0 Å². The molecule has 0 amide bonds. The van der Waals surface area contributed by atoms with Crippen molar-refractivity contribution in [2.24, 2.45) is 0 Å². The van der Waals surface area contributed by atoms with E-state index in [-0.39, 0.29) is 12.2 Å². The van der Waals surface area contributed by atoms with Crippen molar-refractivity contribution in [2.45, 2.75) is 11.7 Å². The number of Topliss-reactive ketones (excluding diaryl/α,β-unsaturated/α-hetero) is 1. The lowest BCUT2D eigenvalue weighted by atomic mass is 10.1. The van der Waals surface area contributed by atoms with Crippen LogP contribution in [0.25, 0.3) is 0 Å². The molecule has 1 aromatic rings. The summed E-state index contributed by atoms with van der Waals surface area (Å²) in [5, 5.41) is 8.67. The van der Waals surface area contributed by atoms with Gasteiger partial charge in [0.05, 0.1) is 5.02 Å². The minimum atomic E-state index is -0.973. The molecule has 0 aliphatic heterocycles. The average molecular weight is 338 g/mol. The van der Waals surface area contributed by atoms with Gasteiger partial charge in [0.15, 0.2) is 5.78 Å². The highest BCUT2D eigenvalue weighted by Crippen LogP contribution is 2.24. The van der Waals surface area contributed by atoms with Gasteiger partial charge in [-0.2, -0.15) is 0 Å². The largest absolute Gasteiger partial charge is 0.480 e.